The molecule has 2 aromatic rings. The zero-order valence-corrected chi connectivity index (χ0v) is 78.2. The van der Waals surface area contributed by atoms with Gasteiger partial charge in [0.15, 0.2) is 34.6 Å². The van der Waals surface area contributed by atoms with E-state index in [9.17, 15) is 125 Å². The van der Waals surface area contributed by atoms with E-state index in [4.69, 9.17) is 4.74 Å². The predicted octanol–water partition coefficient (Wildman–Crippen LogP) is 7.86. The number of unbranched alkanes of at least 4 members (excludes halogenated alkanes) is 2. The van der Waals surface area contributed by atoms with Gasteiger partial charge in [0.25, 0.3) is 10.1 Å². The van der Waals surface area contributed by atoms with Crippen LogP contribution in [0.1, 0.15) is 233 Å². The molecule has 0 saturated carbocycles. The van der Waals surface area contributed by atoms with Gasteiger partial charge in [-0.3, -0.25) is 90.9 Å². The van der Waals surface area contributed by atoms with Gasteiger partial charge in [-0.15, -0.1) is 0 Å². The topological polar surface area (TPSA) is 554 Å². The number of hydrogen-bond donors (Lipinski definition) is 12. The number of thioether (sulfide) groups is 1. The molecule has 0 unspecified atom stereocenters. The molecule has 0 bridgehead atoms. The molecule has 131 heavy (non-hydrogen) atoms. The lowest BCUT2D eigenvalue weighted by atomic mass is 9.81. The van der Waals surface area contributed by atoms with E-state index in [1.807, 2.05) is 69.1 Å². The minimum atomic E-state index is -4.59. The van der Waals surface area contributed by atoms with Gasteiger partial charge < -0.3 is 72.0 Å². The molecular formula is C93H130N9O27S2+. The standard InChI is InChI=1S/C93H129N9O27S2/c1-12-100-70-35-28-57(4)48-63(70)92(7,8)78(100)25-17-14-13-15-18-26-79-93(9,10)64-52-62(131(126,127)128)31-36-71(64)101(79)44-20-16-19-27-80(109)95-66(33-42-86(118)119)76(107)50-60(29-39-83(112)113)90(124)98-67(34-43-87(120)121)77(108)51-61(30-40-84(114)115)89(123)97-65(32-41-85(116)117)73(104)24-22-46-129-54-82(111)102-45-21-23-72(102)91(125)99-68(47-56(2)3)74(105)37-38-81(110)96-69(55-130-11)75(106)49-58(5)88(122)94-53-59(6)103/h13-15,17-18,25-26,28,31,35-36,48,52,56,58,60-61,65-69,72H,12,16,19-24,27,29-30,32-34,37-47,49-51,53-55H2,1-11H3,(H11-,94,95,96,97,98,99,109,110,112,113,114,115,116,117,118,119,120,121,122,123,124,125,126,127,128)/p+1/t58-,60+,61+,65-,66-,67-,68+,69+,72+/m1/s1. The third-order valence-corrected chi connectivity index (χ3v) is 24.8. The summed E-state index contributed by atoms with van der Waals surface area (Å²) in [6.07, 6.45) is 7.20. The molecule has 5 rings (SSSR count). The van der Waals surface area contributed by atoms with Crippen LogP contribution in [0.4, 0.5) is 11.4 Å². The molecule has 3 aliphatic rings. The average Bonchev–Trinajstić information content (AvgIpc) is 1.56. The van der Waals surface area contributed by atoms with Crippen molar-refractivity contribution in [3.63, 3.8) is 0 Å². The number of carboxylic acid groups (broad SMARTS) is 5. The lowest BCUT2D eigenvalue weighted by Crippen LogP contribution is -2.52. The smallest absolute Gasteiger partial charge is 0.303 e. The summed E-state index contributed by atoms with van der Waals surface area (Å²) >= 11 is 1.27. The van der Waals surface area contributed by atoms with Crippen LogP contribution < -0.4 is 36.8 Å². The number of likely N-dealkylation sites (tertiary alicyclic amines) is 1. The van der Waals surface area contributed by atoms with Crippen molar-refractivity contribution >= 4 is 145 Å². The third-order valence-electron chi connectivity index (χ3n) is 23.2. The van der Waals surface area contributed by atoms with Gasteiger partial charge in [-0.1, -0.05) is 83.0 Å². The summed E-state index contributed by atoms with van der Waals surface area (Å²) in [6.45, 7) is 19.1. The highest BCUT2D eigenvalue weighted by Gasteiger charge is 2.45. The summed E-state index contributed by atoms with van der Waals surface area (Å²) in [5.41, 5.74) is 5.87. The van der Waals surface area contributed by atoms with Crippen molar-refractivity contribution in [3.05, 3.63) is 101 Å². The van der Waals surface area contributed by atoms with E-state index >= 15 is 0 Å². The first kappa shape index (κ1) is 110. The lowest BCUT2D eigenvalue weighted by Gasteiger charge is -2.27. The summed E-state index contributed by atoms with van der Waals surface area (Å²) in [7, 11) is -4.59. The first-order chi connectivity index (χ1) is 61.6. The van der Waals surface area contributed by atoms with E-state index in [1.54, 1.807) is 12.3 Å². The zero-order chi connectivity index (χ0) is 97.8. The number of benzene rings is 2. The fraction of sp³-hybridized carbons (Fsp3) is 0.581. The minimum absolute atomic E-state index is 0.120. The molecule has 38 heteroatoms. The summed E-state index contributed by atoms with van der Waals surface area (Å²) in [4.78, 5) is 239. The number of rotatable bonds is 62. The van der Waals surface area contributed by atoms with Gasteiger partial charge in [0.2, 0.25) is 47.0 Å². The van der Waals surface area contributed by atoms with Crippen LogP contribution in [0.3, 0.4) is 0 Å². The molecule has 12 N–H and O–H groups in total. The van der Waals surface area contributed by atoms with E-state index in [-0.39, 0.29) is 98.8 Å². The number of carbonyl (C=O) groups excluding carboxylic acids is 13. The Morgan fingerprint density at radius 1 is 0.573 bits per heavy atom. The van der Waals surface area contributed by atoms with Gasteiger partial charge in [0.05, 0.1) is 47.1 Å². The molecule has 7 amide bonds. The largest absolute Gasteiger partial charge is 0.481 e. The predicted molar refractivity (Wildman–Crippen MR) is 485 cm³/mol. The molecule has 0 radical (unpaired) electrons. The maximum atomic E-state index is 14.4. The Balaban J connectivity index is 1.20. The number of carboxylic acids is 5. The number of ether oxygens (including phenoxy) is 1. The van der Waals surface area contributed by atoms with Crippen LogP contribution >= 0.6 is 11.8 Å². The summed E-state index contributed by atoms with van der Waals surface area (Å²) in [5, 5.41) is 63.8. The first-order valence-corrected chi connectivity index (χ1v) is 47.2. The fourth-order valence-corrected chi connectivity index (χ4v) is 17.2. The van der Waals surface area contributed by atoms with E-state index in [0.29, 0.717) is 37.1 Å². The molecule has 36 nitrogen and oxygen atoms in total. The van der Waals surface area contributed by atoms with Crippen molar-refractivity contribution in [3.8, 4) is 0 Å². The molecule has 1 fully saturated rings. The number of hydrogen-bond acceptors (Lipinski definition) is 23. The maximum absolute atomic E-state index is 14.4. The Kier molecular flexibility index (Phi) is 44.9. The Bertz CT molecular complexity index is 4800. The molecule has 0 spiro atoms. The molecule has 1 saturated heterocycles. The van der Waals surface area contributed by atoms with Crippen LogP contribution in [0.5, 0.6) is 0 Å². The number of ketones is 6. The number of anilines is 1. The van der Waals surface area contributed by atoms with Gasteiger partial charge in [-0.2, -0.15) is 24.8 Å². The van der Waals surface area contributed by atoms with Crippen molar-refractivity contribution in [2.24, 2.45) is 23.7 Å². The van der Waals surface area contributed by atoms with Crippen LogP contribution in [-0.4, -0.2) is 247 Å². The molecule has 0 aromatic heterocycles. The van der Waals surface area contributed by atoms with Crippen molar-refractivity contribution in [1.29, 1.82) is 0 Å². The number of carbonyl (C=O) groups is 18. The van der Waals surface area contributed by atoms with Gasteiger partial charge in [0.1, 0.15) is 25.0 Å². The van der Waals surface area contributed by atoms with Crippen molar-refractivity contribution < 1.29 is 134 Å². The fourth-order valence-electron chi connectivity index (χ4n) is 16.1. The summed E-state index contributed by atoms with van der Waals surface area (Å²) in [5.74, 6) is -20.5. The number of aryl methyl sites for hydroxylation is 1. The van der Waals surface area contributed by atoms with Crippen LogP contribution in [-0.2, 0) is 112 Å². The SMILES string of the molecule is CC[N+]1=C(/C=C/C=C/C=C/C=C2/N(CCCCCC(=O)N[C@H](CCC(=O)O)C(=O)C[C@H](CCC(=O)O)C(=O)N[C@H](CCC(=O)O)C(=O)C[C@H](CCC(=O)O)C(=O)N[C@H](CCC(=O)O)C(=O)CCCOCC(=O)N3CCC[C@H]3C(=O)N[C@@H](CC(C)C)C(=O)CCC(=O)N[C@@H](CSC)C(=O)C[C@@H](C)C(=O)NCC(C)=O)c3ccc(S(=O)(=O)O)cc3C2(C)C)C(C)(C)c2cc(C)ccc21. The number of Topliss-reactive ketones (excluding diaryl/α,β-unsaturated/α-hetero) is 6. The van der Waals surface area contributed by atoms with E-state index in [0.717, 1.165) is 18.0 Å². The summed E-state index contributed by atoms with van der Waals surface area (Å²) in [6, 6.07) is 2.78. The van der Waals surface area contributed by atoms with E-state index in [1.165, 1.54) is 59.5 Å². The number of nitrogens with one attached hydrogen (secondary N) is 6. The van der Waals surface area contributed by atoms with E-state index in [2.05, 4.69) is 88.4 Å². The Hall–Kier alpha value is -11.3. The van der Waals surface area contributed by atoms with Gasteiger partial charge in [0, 0.05) is 155 Å². The normalized spacial score (nSPS) is 16.6. The van der Waals surface area contributed by atoms with Crippen LogP contribution in [0, 0.1) is 30.6 Å². The highest BCUT2D eigenvalue weighted by atomic mass is 32.2. The van der Waals surface area contributed by atoms with Crippen molar-refractivity contribution in [2.75, 3.05) is 56.3 Å². The van der Waals surface area contributed by atoms with Crippen molar-refractivity contribution in [1.82, 2.24) is 36.8 Å². The molecule has 3 aliphatic heterocycles. The minimum Gasteiger partial charge on any atom is -0.481 e. The average molecular weight is 1870 g/mol. The van der Waals surface area contributed by atoms with Gasteiger partial charge in [-0.05, 0) is 153 Å². The molecule has 2 aromatic carbocycles. The number of allylic oxidation sites excluding steroid dienone is 8. The molecule has 0 aliphatic carbocycles. The third kappa shape index (κ3) is 35.8. The highest BCUT2D eigenvalue weighted by Crippen LogP contribution is 2.49. The van der Waals surface area contributed by atoms with Gasteiger partial charge >= 0.3 is 29.8 Å². The van der Waals surface area contributed by atoms with E-state index < -0.39 is 260 Å². The second-order valence-corrected chi connectivity index (χ2v) is 37.3. The van der Waals surface area contributed by atoms with Crippen LogP contribution in [0.2, 0.25) is 0 Å². The summed E-state index contributed by atoms with van der Waals surface area (Å²) < 4.78 is 42.7. The lowest BCUT2D eigenvalue weighted by molar-refractivity contribution is -0.433. The van der Waals surface area contributed by atoms with Crippen molar-refractivity contribution in [2.45, 2.75) is 275 Å². The maximum Gasteiger partial charge on any atom is 0.303 e. The quantitative estimate of drug-likeness (QED) is 0.0130. The molecule has 9 atom stereocenters. The second kappa shape index (κ2) is 53.3. The number of amides is 7. The monoisotopic (exact) mass is 1870 g/mol. The molecular weight excluding hydrogens is 1740 g/mol. The molecule has 720 valence electrons. The van der Waals surface area contributed by atoms with Gasteiger partial charge in [-0.25, -0.2) is 0 Å². The number of aliphatic carboxylic acids is 5. The van der Waals surface area contributed by atoms with Crippen LogP contribution in [0.15, 0.2) is 89.5 Å². The zero-order valence-electron chi connectivity index (χ0n) is 76.6. The Labute approximate surface area is 768 Å². The van der Waals surface area contributed by atoms with Crippen LogP contribution in [0.25, 0.3) is 0 Å². The highest BCUT2D eigenvalue weighted by molar-refractivity contribution is 7.98. The first-order valence-electron chi connectivity index (χ1n) is 44.3. The number of fused-ring (bicyclic) bond motifs is 2. The molecule has 3 heterocycles. The number of nitrogens with zero attached hydrogens (tertiary/aromatic N) is 3. The Morgan fingerprint density at radius 2 is 1.11 bits per heavy atom. The Morgan fingerprint density at radius 3 is 1.66 bits per heavy atom. The second-order valence-electron chi connectivity index (χ2n) is 34.9.